The Kier molecular flexibility index (Phi) is 5.30. The lowest BCUT2D eigenvalue weighted by molar-refractivity contribution is -0.111. The maximum Gasteiger partial charge on any atom is 0.337 e. The summed E-state index contributed by atoms with van der Waals surface area (Å²) in [7, 11) is 1.33. The van der Waals surface area contributed by atoms with Gasteiger partial charge in [0.25, 0.3) is 0 Å². The SMILES string of the molecule is COC(=O)c1ccc(NC(=O)C=Cc2ccc(Br)s2)cc1. The van der Waals surface area contributed by atoms with Crippen molar-refractivity contribution in [1.29, 1.82) is 0 Å². The van der Waals surface area contributed by atoms with Crippen LogP contribution in [0.25, 0.3) is 6.08 Å². The van der Waals surface area contributed by atoms with E-state index in [1.807, 2.05) is 12.1 Å². The molecule has 0 saturated carbocycles. The predicted octanol–water partition coefficient (Wildman–Crippen LogP) is 3.95. The van der Waals surface area contributed by atoms with Gasteiger partial charge >= 0.3 is 5.97 Å². The number of anilines is 1. The summed E-state index contributed by atoms with van der Waals surface area (Å²) in [6, 6.07) is 10.3. The minimum Gasteiger partial charge on any atom is -0.465 e. The highest BCUT2D eigenvalue weighted by molar-refractivity contribution is 9.11. The summed E-state index contributed by atoms with van der Waals surface area (Å²) in [5.41, 5.74) is 1.05. The summed E-state index contributed by atoms with van der Waals surface area (Å²) >= 11 is 4.91. The fourth-order valence-electron chi connectivity index (χ4n) is 1.57. The number of hydrogen-bond acceptors (Lipinski definition) is 4. The summed E-state index contributed by atoms with van der Waals surface area (Å²) in [6.45, 7) is 0. The second-order valence-electron chi connectivity index (χ2n) is 4.03. The number of carbonyl (C=O) groups excluding carboxylic acids is 2. The van der Waals surface area contributed by atoms with Crippen molar-refractivity contribution >= 4 is 50.9 Å². The first-order chi connectivity index (χ1) is 10.1. The first kappa shape index (κ1) is 15.5. The van der Waals surface area contributed by atoms with Gasteiger partial charge in [0.1, 0.15) is 0 Å². The summed E-state index contributed by atoms with van der Waals surface area (Å²) in [5.74, 6) is -0.638. The summed E-state index contributed by atoms with van der Waals surface area (Å²) in [4.78, 5) is 24.0. The first-order valence-electron chi connectivity index (χ1n) is 6.01. The Hall–Kier alpha value is -1.92. The zero-order chi connectivity index (χ0) is 15.2. The molecule has 1 N–H and O–H groups in total. The van der Waals surface area contributed by atoms with Gasteiger partial charge in [-0.3, -0.25) is 4.79 Å². The zero-order valence-electron chi connectivity index (χ0n) is 11.1. The molecule has 1 aromatic heterocycles. The smallest absolute Gasteiger partial charge is 0.337 e. The average molecular weight is 366 g/mol. The average Bonchev–Trinajstić information content (AvgIpc) is 2.91. The number of thiophene rings is 1. The standard InChI is InChI=1S/C15H12BrNO3S/c1-20-15(19)10-2-4-11(5-3-10)17-14(18)9-7-12-6-8-13(16)21-12/h2-9H,1H3,(H,17,18). The Morgan fingerprint density at radius 2 is 1.90 bits per heavy atom. The van der Waals surface area contributed by atoms with Crippen molar-refractivity contribution in [3.05, 3.63) is 56.7 Å². The number of nitrogens with one attached hydrogen (secondary N) is 1. The molecule has 0 bridgehead atoms. The van der Waals surface area contributed by atoms with Crippen LogP contribution in [0.1, 0.15) is 15.2 Å². The lowest BCUT2D eigenvalue weighted by Gasteiger charge is -2.03. The van der Waals surface area contributed by atoms with Crippen molar-refractivity contribution in [2.45, 2.75) is 0 Å². The molecular formula is C15H12BrNO3S. The highest BCUT2D eigenvalue weighted by Crippen LogP contribution is 2.23. The van der Waals surface area contributed by atoms with E-state index in [0.29, 0.717) is 11.3 Å². The zero-order valence-corrected chi connectivity index (χ0v) is 13.5. The largest absolute Gasteiger partial charge is 0.465 e. The van der Waals surface area contributed by atoms with E-state index in [1.54, 1.807) is 41.7 Å². The van der Waals surface area contributed by atoms with Gasteiger partial charge in [-0.15, -0.1) is 11.3 Å². The number of rotatable bonds is 4. The van der Waals surface area contributed by atoms with Crippen LogP contribution in [0.5, 0.6) is 0 Å². The minimum absolute atomic E-state index is 0.231. The Bertz CT molecular complexity index is 676. The lowest BCUT2D eigenvalue weighted by Crippen LogP contribution is -2.08. The highest BCUT2D eigenvalue weighted by Gasteiger charge is 2.05. The third kappa shape index (κ3) is 4.54. The van der Waals surface area contributed by atoms with Crippen LogP contribution < -0.4 is 5.32 Å². The van der Waals surface area contributed by atoms with Crippen LogP contribution in [-0.2, 0) is 9.53 Å². The van der Waals surface area contributed by atoms with E-state index < -0.39 is 5.97 Å². The summed E-state index contributed by atoms with van der Waals surface area (Å²) in [6.07, 6.45) is 3.21. The van der Waals surface area contributed by atoms with Crippen molar-refractivity contribution < 1.29 is 14.3 Å². The molecule has 0 atom stereocenters. The predicted molar refractivity (Wildman–Crippen MR) is 87.5 cm³/mol. The molecule has 0 fully saturated rings. The second-order valence-corrected chi connectivity index (χ2v) is 6.53. The number of carbonyl (C=O) groups is 2. The lowest BCUT2D eigenvalue weighted by atomic mass is 10.2. The Balaban J connectivity index is 1.96. The maximum atomic E-state index is 11.8. The van der Waals surface area contributed by atoms with Crippen molar-refractivity contribution in [2.75, 3.05) is 12.4 Å². The second kappa shape index (κ2) is 7.19. The molecule has 2 rings (SSSR count). The molecule has 1 aromatic carbocycles. The number of methoxy groups -OCH3 is 1. The van der Waals surface area contributed by atoms with Gasteiger partial charge in [0.2, 0.25) is 5.91 Å². The van der Waals surface area contributed by atoms with Crippen molar-refractivity contribution in [3.63, 3.8) is 0 Å². The molecule has 0 unspecified atom stereocenters. The van der Waals surface area contributed by atoms with Gasteiger partial charge in [0.05, 0.1) is 16.5 Å². The summed E-state index contributed by atoms with van der Waals surface area (Å²) in [5, 5.41) is 2.72. The normalized spacial score (nSPS) is 10.6. The summed E-state index contributed by atoms with van der Waals surface area (Å²) < 4.78 is 5.62. The molecule has 0 spiro atoms. The minimum atomic E-state index is -0.406. The van der Waals surface area contributed by atoms with Crippen LogP contribution in [0.15, 0.2) is 46.3 Å². The number of halogens is 1. The molecule has 2 aromatic rings. The quantitative estimate of drug-likeness (QED) is 0.659. The van der Waals surface area contributed by atoms with E-state index in [1.165, 1.54) is 13.2 Å². The molecule has 1 amide bonds. The Morgan fingerprint density at radius 1 is 1.19 bits per heavy atom. The van der Waals surface area contributed by atoms with Gasteiger partial charge in [-0.05, 0) is 58.4 Å². The van der Waals surface area contributed by atoms with Crippen LogP contribution in [-0.4, -0.2) is 19.0 Å². The molecule has 0 saturated heterocycles. The third-order valence-corrected chi connectivity index (χ3v) is 4.16. The van der Waals surface area contributed by atoms with Gasteiger partial charge in [0, 0.05) is 16.6 Å². The number of ether oxygens (including phenoxy) is 1. The van der Waals surface area contributed by atoms with Crippen LogP contribution in [0.2, 0.25) is 0 Å². The van der Waals surface area contributed by atoms with Gasteiger partial charge in [-0.2, -0.15) is 0 Å². The molecule has 0 aliphatic heterocycles. The molecule has 4 nitrogen and oxygen atoms in total. The molecule has 6 heteroatoms. The first-order valence-corrected chi connectivity index (χ1v) is 7.62. The molecule has 0 aliphatic carbocycles. The fourth-order valence-corrected chi connectivity index (χ4v) is 2.89. The molecule has 21 heavy (non-hydrogen) atoms. The van der Waals surface area contributed by atoms with E-state index in [4.69, 9.17) is 0 Å². The van der Waals surface area contributed by atoms with Crippen LogP contribution in [0.4, 0.5) is 5.69 Å². The van der Waals surface area contributed by atoms with E-state index in [9.17, 15) is 9.59 Å². The maximum absolute atomic E-state index is 11.8. The van der Waals surface area contributed by atoms with Gasteiger partial charge in [0.15, 0.2) is 0 Å². The van der Waals surface area contributed by atoms with E-state index in [0.717, 1.165) is 8.66 Å². The number of amides is 1. The van der Waals surface area contributed by atoms with Crippen LogP contribution in [0.3, 0.4) is 0 Å². The van der Waals surface area contributed by atoms with Crippen molar-refractivity contribution in [1.82, 2.24) is 0 Å². The topological polar surface area (TPSA) is 55.4 Å². The van der Waals surface area contributed by atoms with Crippen LogP contribution in [0, 0.1) is 0 Å². The van der Waals surface area contributed by atoms with Crippen LogP contribution >= 0.6 is 27.3 Å². The molecule has 1 heterocycles. The monoisotopic (exact) mass is 365 g/mol. The highest BCUT2D eigenvalue weighted by atomic mass is 79.9. The number of hydrogen-bond donors (Lipinski definition) is 1. The Labute approximate surface area is 134 Å². The molecule has 0 aliphatic rings. The van der Waals surface area contributed by atoms with Crippen molar-refractivity contribution in [2.24, 2.45) is 0 Å². The van der Waals surface area contributed by atoms with E-state index in [2.05, 4.69) is 26.0 Å². The van der Waals surface area contributed by atoms with E-state index in [-0.39, 0.29) is 5.91 Å². The Morgan fingerprint density at radius 3 is 2.48 bits per heavy atom. The van der Waals surface area contributed by atoms with E-state index >= 15 is 0 Å². The number of benzene rings is 1. The fraction of sp³-hybridized carbons (Fsp3) is 0.0667. The van der Waals surface area contributed by atoms with Gasteiger partial charge < -0.3 is 10.1 Å². The third-order valence-electron chi connectivity index (χ3n) is 2.57. The number of esters is 1. The molecule has 108 valence electrons. The molecular weight excluding hydrogens is 354 g/mol. The molecule has 0 radical (unpaired) electrons. The van der Waals surface area contributed by atoms with Crippen molar-refractivity contribution in [3.8, 4) is 0 Å². The van der Waals surface area contributed by atoms with Gasteiger partial charge in [-0.1, -0.05) is 0 Å². The van der Waals surface area contributed by atoms with Gasteiger partial charge in [-0.25, -0.2) is 4.79 Å².